The molecule has 0 aliphatic heterocycles. The van der Waals surface area contributed by atoms with Gasteiger partial charge in [0.1, 0.15) is 5.75 Å². The van der Waals surface area contributed by atoms with Crippen LogP contribution in [0.3, 0.4) is 0 Å². The molecule has 0 saturated carbocycles. The maximum Gasteiger partial charge on any atom is 0.229 e. The number of nitrogens with one attached hydrogen (secondary N) is 1. The zero-order valence-electron chi connectivity index (χ0n) is 10.1. The van der Waals surface area contributed by atoms with Gasteiger partial charge in [0.05, 0.1) is 24.6 Å². The van der Waals surface area contributed by atoms with E-state index in [0.717, 1.165) is 11.4 Å². The van der Waals surface area contributed by atoms with Crippen LogP contribution in [0.4, 0.5) is 5.13 Å². The number of benzene rings is 1. The second-order valence-corrected chi connectivity index (χ2v) is 4.86. The fourth-order valence-electron chi connectivity index (χ4n) is 1.39. The molecular weight excluding hydrogens is 284 g/mol. The number of amides is 1. The summed E-state index contributed by atoms with van der Waals surface area (Å²) in [7, 11) is 0. The number of anilines is 1. The highest BCUT2D eigenvalue weighted by Crippen LogP contribution is 2.16. The Balaban J connectivity index is 1.73. The molecule has 0 bridgehead atoms. The minimum absolute atomic E-state index is 0.119. The van der Waals surface area contributed by atoms with Gasteiger partial charge in [-0.05, 0) is 12.1 Å². The molecule has 6 heteroatoms. The predicted molar refractivity (Wildman–Crippen MR) is 76.9 cm³/mol. The van der Waals surface area contributed by atoms with Gasteiger partial charge in [-0.1, -0.05) is 18.2 Å². The third-order valence-electron chi connectivity index (χ3n) is 2.28. The summed E-state index contributed by atoms with van der Waals surface area (Å²) in [5, 5.41) is 5.11. The van der Waals surface area contributed by atoms with Crippen molar-refractivity contribution in [1.82, 2.24) is 4.98 Å². The van der Waals surface area contributed by atoms with Gasteiger partial charge in [0.25, 0.3) is 0 Å². The topological polar surface area (TPSA) is 51.2 Å². The first-order valence-corrected chi connectivity index (χ1v) is 7.17. The number of para-hydroxylation sites is 1. The molecular formula is C13H13ClN2O2S. The molecule has 0 atom stereocenters. The second kappa shape index (κ2) is 7.11. The van der Waals surface area contributed by atoms with Crippen LogP contribution in [0, 0.1) is 0 Å². The van der Waals surface area contributed by atoms with Crippen LogP contribution in [0.15, 0.2) is 35.7 Å². The number of rotatable bonds is 6. The van der Waals surface area contributed by atoms with Gasteiger partial charge in [0.2, 0.25) is 5.91 Å². The maximum atomic E-state index is 11.6. The van der Waals surface area contributed by atoms with E-state index in [9.17, 15) is 4.79 Å². The molecule has 0 spiro atoms. The van der Waals surface area contributed by atoms with Crippen LogP contribution in [0.1, 0.15) is 12.1 Å². The summed E-state index contributed by atoms with van der Waals surface area (Å²) in [5.41, 5.74) is 0.766. The van der Waals surface area contributed by atoms with Crippen molar-refractivity contribution in [3.8, 4) is 5.75 Å². The average Bonchev–Trinajstić information content (AvgIpc) is 2.87. The lowest BCUT2D eigenvalue weighted by atomic mass is 10.3. The third kappa shape index (κ3) is 4.54. The Morgan fingerprint density at radius 1 is 1.37 bits per heavy atom. The Hall–Kier alpha value is -1.59. The summed E-state index contributed by atoms with van der Waals surface area (Å²) in [6.07, 6.45) is 0.282. The molecule has 0 unspecified atom stereocenters. The number of hydrogen-bond acceptors (Lipinski definition) is 4. The molecule has 0 aliphatic rings. The fraction of sp³-hybridized carbons (Fsp3) is 0.231. The predicted octanol–water partition coefficient (Wildman–Crippen LogP) is 3.29. The van der Waals surface area contributed by atoms with Gasteiger partial charge in [-0.3, -0.25) is 4.79 Å². The van der Waals surface area contributed by atoms with Crippen LogP contribution in [-0.2, 0) is 10.7 Å². The zero-order valence-corrected chi connectivity index (χ0v) is 11.7. The van der Waals surface area contributed by atoms with Gasteiger partial charge in [-0.2, -0.15) is 0 Å². The van der Waals surface area contributed by atoms with E-state index in [2.05, 4.69) is 10.3 Å². The van der Waals surface area contributed by atoms with Crippen LogP contribution in [0.2, 0.25) is 0 Å². The molecule has 0 aliphatic carbocycles. The van der Waals surface area contributed by atoms with Crippen molar-refractivity contribution in [2.75, 3.05) is 11.9 Å². The Morgan fingerprint density at radius 2 is 2.16 bits per heavy atom. The summed E-state index contributed by atoms with van der Waals surface area (Å²) in [4.78, 5) is 15.8. The van der Waals surface area contributed by atoms with Crippen molar-refractivity contribution in [2.45, 2.75) is 12.3 Å². The number of halogens is 1. The van der Waals surface area contributed by atoms with Crippen molar-refractivity contribution in [3.05, 3.63) is 41.4 Å². The second-order valence-electron chi connectivity index (χ2n) is 3.74. The SMILES string of the molecule is O=C(CCOc1ccccc1)Nc1nc(CCl)cs1. The molecule has 2 aromatic rings. The molecule has 0 fully saturated rings. The Kier molecular flexibility index (Phi) is 5.18. The van der Waals surface area contributed by atoms with Gasteiger partial charge in [0.15, 0.2) is 5.13 Å². The van der Waals surface area contributed by atoms with Crippen LogP contribution in [0.5, 0.6) is 5.75 Å². The van der Waals surface area contributed by atoms with Crippen LogP contribution in [-0.4, -0.2) is 17.5 Å². The number of aromatic nitrogens is 1. The molecule has 100 valence electrons. The van der Waals surface area contributed by atoms with Crippen LogP contribution >= 0.6 is 22.9 Å². The number of alkyl halides is 1. The lowest BCUT2D eigenvalue weighted by Crippen LogP contribution is -2.15. The molecule has 1 aromatic carbocycles. The van der Waals surface area contributed by atoms with Gasteiger partial charge < -0.3 is 10.1 Å². The van der Waals surface area contributed by atoms with Crippen molar-refractivity contribution < 1.29 is 9.53 Å². The molecule has 1 heterocycles. The number of thiazole rings is 1. The van der Waals surface area contributed by atoms with Crippen molar-refractivity contribution in [3.63, 3.8) is 0 Å². The Morgan fingerprint density at radius 3 is 2.84 bits per heavy atom. The normalized spacial score (nSPS) is 10.2. The van der Waals surface area contributed by atoms with E-state index in [0.29, 0.717) is 17.6 Å². The highest BCUT2D eigenvalue weighted by molar-refractivity contribution is 7.13. The lowest BCUT2D eigenvalue weighted by molar-refractivity contribution is -0.116. The first-order valence-electron chi connectivity index (χ1n) is 5.76. The van der Waals surface area contributed by atoms with E-state index in [1.54, 1.807) is 0 Å². The number of carbonyl (C=O) groups is 1. The van der Waals surface area contributed by atoms with Gasteiger partial charge >= 0.3 is 0 Å². The minimum atomic E-state index is -0.119. The van der Waals surface area contributed by atoms with E-state index in [-0.39, 0.29) is 12.3 Å². The van der Waals surface area contributed by atoms with E-state index >= 15 is 0 Å². The number of carbonyl (C=O) groups excluding carboxylic acids is 1. The number of nitrogens with zero attached hydrogens (tertiary/aromatic N) is 1. The van der Waals surface area contributed by atoms with Crippen molar-refractivity contribution in [1.29, 1.82) is 0 Å². The zero-order chi connectivity index (χ0) is 13.5. The summed E-state index contributed by atoms with van der Waals surface area (Å²) in [5.74, 6) is 0.990. The van der Waals surface area contributed by atoms with Gasteiger partial charge in [-0.25, -0.2) is 4.98 Å². The Labute approximate surface area is 120 Å². The fourth-order valence-corrected chi connectivity index (χ4v) is 2.34. The maximum absolute atomic E-state index is 11.6. The smallest absolute Gasteiger partial charge is 0.229 e. The standard InChI is InChI=1S/C13H13ClN2O2S/c14-8-10-9-19-13(15-10)16-12(17)6-7-18-11-4-2-1-3-5-11/h1-5,9H,6-8H2,(H,15,16,17). The highest BCUT2D eigenvalue weighted by Gasteiger charge is 2.06. The third-order valence-corrected chi connectivity index (χ3v) is 3.36. The Bertz CT molecular complexity index is 530. The molecule has 0 saturated heterocycles. The minimum Gasteiger partial charge on any atom is -0.493 e. The molecule has 0 radical (unpaired) electrons. The van der Waals surface area contributed by atoms with Crippen molar-refractivity contribution in [2.24, 2.45) is 0 Å². The summed E-state index contributed by atoms with van der Waals surface area (Å²) in [6, 6.07) is 9.39. The molecule has 4 nitrogen and oxygen atoms in total. The number of hydrogen-bond donors (Lipinski definition) is 1. The van der Waals surface area contributed by atoms with Gasteiger partial charge in [-0.15, -0.1) is 22.9 Å². The van der Waals surface area contributed by atoms with E-state index in [1.165, 1.54) is 11.3 Å². The quantitative estimate of drug-likeness (QED) is 0.832. The van der Waals surface area contributed by atoms with Crippen LogP contribution in [0.25, 0.3) is 0 Å². The lowest BCUT2D eigenvalue weighted by Gasteiger charge is -2.05. The largest absolute Gasteiger partial charge is 0.493 e. The molecule has 1 N–H and O–H groups in total. The van der Waals surface area contributed by atoms with Crippen molar-refractivity contribution >= 4 is 34.0 Å². The van der Waals surface area contributed by atoms with E-state index < -0.39 is 0 Å². The summed E-state index contributed by atoms with van der Waals surface area (Å²) >= 11 is 7.00. The monoisotopic (exact) mass is 296 g/mol. The molecule has 1 aromatic heterocycles. The molecule has 2 rings (SSSR count). The van der Waals surface area contributed by atoms with Gasteiger partial charge in [0, 0.05) is 5.38 Å². The first-order chi connectivity index (χ1) is 9.28. The number of ether oxygens (including phenoxy) is 1. The van der Waals surface area contributed by atoms with Crippen LogP contribution < -0.4 is 10.1 Å². The summed E-state index contributed by atoms with van der Waals surface area (Å²) < 4.78 is 5.44. The first kappa shape index (κ1) is 13.8. The highest BCUT2D eigenvalue weighted by atomic mass is 35.5. The van der Waals surface area contributed by atoms with E-state index in [1.807, 2.05) is 35.7 Å². The molecule has 19 heavy (non-hydrogen) atoms. The van der Waals surface area contributed by atoms with E-state index in [4.69, 9.17) is 16.3 Å². The average molecular weight is 297 g/mol. The molecule has 1 amide bonds. The summed E-state index contributed by atoms with van der Waals surface area (Å²) in [6.45, 7) is 0.337.